The van der Waals surface area contributed by atoms with Gasteiger partial charge in [-0.05, 0) is 36.2 Å². The lowest BCUT2D eigenvalue weighted by atomic mass is 9.97. The normalized spacial score (nSPS) is 13.7. The zero-order chi connectivity index (χ0) is 17.4. The SMILES string of the molecule is COCCCOC(Cc1ccncc1)(OC)c1ccc(Cl)cc1Cl. The van der Waals surface area contributed by atoms with Gasteiger partial charge >= 0.3 is 0 Å². The van der Waals surface area contributed by atoms with Gasteiger partial charge in [-0.15, -0.1) is 0 Å². The van der Waals surface area contributed by atoms with E-state index in [4.69, 9.17) is 37.4 Å². The van der Waals surface area contributed by atoms with Crippen molar-refractivity contribution in [1.29, 1.82) is 0 Å². The molecule has 130 valence electrons. The molecule has 0 radical (unpaired) electrons. The molecule has 4 nitrogen and oxygen atoms in total. The summed E-state index contributed by atoms with van der Waals surface area (Å²) in [7, 11) is 3.28. The Kier molecular flexibility index (Phi) is 7.46. The molecule has 0 N–H and O–H groups in total. The quantitative estimate of drug-likeness (QED) is 0.482. The van der Waals surface area contributed by atoms with Crippen LogP contribution in [0.1, 0.15) is 17.5 Å². The Bertz CT molecular complexity index is 639. The van der Waals surface area contributed by atoms with Gasteiger partial charge < -0.3 is 14.2 Å². The number of pyridine rings is 1. The topological polar surface area (TPSA) is 40.6 Å². The number of hydrogen-bond donors (Lipinski definition) is 0. The smallest absolute Gasteiger partial charge is 0.200 e. The van der Waals surface area contributed by atoms with E-state index >= 15 is 0 Å². The summed E-state index contributed by atoms with van der Waals surface area (Å²) in [6, 6.07) is 9.16. The molecule has 1 aromatic heterocycles. The minimum Gasteiger partial charge on any atom is -0.385 e. The minimum atomic E-state index is -1.00. The first-order valence-electron chi connectivity index (χ1n) is 7.64. The average molecular weight is 370 g/mol. The minimum absolute atomic E-state index is 0.478. The van der Waals surface area contributed by atoms with Gasteiger partial charge in [0.2, 0.25) is 0 Å². The Morgan fingerprint density at radius 3 is 2.42 bits per heavy atom. The second-order valence-electron chi connectivity index (χ2n) is 5.31. The molecule has 2 aromatic rings. The second-order valence-corrected chi connectivity index (χ2v) is 6.15. The molecule has 1 aromatic carbocycles. The van der Waals surface area contributed by atoms with Crippen molar-refractivity contribution in [2.24, 2.45) is 0 Å². The van der Waals surface area contributed by atoms with Crippen LogP contribution in [0, 0.1) is 0 Å². The second kappa shape index (κ2) is 9.35. The van der Waals surface area contributed by atoms with Crippen LogP contribution in [0.25, 0.3) is 0 Å². The predicted octanol–water partition coefficient (Wildman–Crippen LogP) is 4.48. The van der Waals surface area contributed by atoms with Crippen LogP contribution in [0.15, 0.2) is 42.7 Å². The molecule has 1 unspecified atom stereocenters. The molecule has 24 heavy (non-hydrogen) atoms. The molecule has 0 bridgehead atoms. The Balaban J connectivity index is 2.34. The van der Waals surface area contributed by atoms with Crippen LogP contribution in [0.4, 0.5) is 0 Å². The lowest BCUT2D eigenvalue weighted by molar-refractivity contribution is -0.232. The lowest BCUT2D eigenvalue weighted by Crippen LogP contribution is -2.35. The highest BCUT2D eigenvalue weighted by atomic mass is 35.5. The highest BCUT2D eigenvalue weighted by Gasteiger charge is 2.35. The highest BCUT2D eigenvalue weighted by Crippen LogP contribution is 2.37. The Morgan fingerprint density at radius 1 is 1.04 bits per heavy atom. The Morgan fingerprint density at radius 2 is 1.79 bits per heavy atom. The first-order chi connectivity index (χ1) is 11.6. The van der Waals surface area contributed by atoms with Crippen molar-refractivity contribution in [2.45, 2.75) is 18.6 Å². The molecule has 0 saturated carbocycles. The number of aromatic nitrogens is 1. The Hall–Kier alpha value is -1.17. The van der Waals surface area contributed by atoms with Crippen molar-refractivity contribution >= 4 is 23.2 Å². The van der Waals surface area contributed by atoms with E-state index in [9.17, 15) is 0 Å². The molecule has 0 spiro atoms. The fourth-order valence-electron chi connectivity index (χ4n) is 2.47. The third kappa shape index (κ3) is 4.91. The zero-order valence-corrected chi connectivity index (χ0v) is 15.3. The maximum absolute atomic E-state index is 6.42. The van der Waals surface area contributed by atoms with E-state index in [2.05, 4.69) is 4.98 Å². The summed E-state index contributed by atoms with van der Waals surface area (Å²) in [4.78, 5) is 4.05. The number of benzene rings is 1. The van der Waals surface area contributed by atoms with Crippen LogP contribution in [0.3, 0.4) is 0 Å². The predicted molar refractivity (Wildman–Crippen MR) is 95.5 cm³/mol. The third-order valence-corrected chi connectivity index (χ3v) is 4.23. The van der Waals surface area contributed by atoms with Crippen molar-refractivity contribution in [3.63, 3.8) is 0 Å². The van der Waals surface area contributed by atoms with E-state index in [1.54, 1.807) is 38.7 Å². The number of methoxy groups -OCH3 is 2. The molecule has 1 atom stereocenters. The molecule has 0 aliphatic heterocycles. The van der Waals surface area contributed by atoms with E-state index in [-0.39, 0.29) is 0 Å². The van der Waals surface area contributed by atoms with E-state index in [0.29, 0.717) is 29.7 Å². The summed E-state index contributed by atoms with van der Waals surface area (Å²) in [6.07, 6.45) is 4.73. The molecule has 0 amide bonds. The summed E-state index contributed by atoms with van der Waals surface area (Å²) < 4.78 is 17.0. The fraction of sp³-hybridized carbons (Fsp3) is 0.389. The molecule has 0 aliphatic carbocycles. The number of halogens is 2. The van der Waals surface area contributed by atoms with Gasteiger partial charge in [0.15, 0.2) is 5.79 Å². The zero-order valence-electron chi connectivity index (χ0n) is 13.8. The van der Waals surface area contributed by atoms with Gasteiger partial charge in [0.25, 0.3) is 0 Å². The largest absolute Gasteiger partial charge is 0.385 e. The number of rotatable bonds is 9. The highest BCUT2D eigenvalue weighted by molar-refractivity contribution is 6.35. The monoisotopic (exact) mass is 369 g/mol. The lowest BCUT2D eigenvalue weighted by Gasteiger charge is -2.34. The summed E-state index contributed by atoms with van der Waals surface area (Å²) in [6.45, 7) is 1.09. The summed E-state index contributed by atoms with van der Waals surface area (Å²) in [5, 5.41) is 1.07. The number of nitrogens with zero attached hydrogens (tertiary/aromatic N) is 1. The van der Waals surface area contributed by atoms with Crippen molar-refractivity contribution in [2.75, 3.05) is 27.4 Å². The van der Waals surface area contributed by atoms with Crippen molar-refractivity contribution < 1.29 is 14.2 Å². The fourth-order valence-corrected chi connectivity index (χ4v) is 3.03. The van der Waals surface area contributed by atoms with Crippen LogP contribution < -0.4 is 0 Å². The van der Waals surface area contributed by atoms with Crippen LogP contribution >= 0.6 is 23.2 Å². The van der Waals surface area contributed by atoms with Gasteiger partial charge in [0.1, 0.15) is 0 Å². The van der Waals surface area contributed by atoms with Gasteiger partial charge in [-0.1, -0.05) is 29.3 Å². The van der Waals surface area contributed by atoms with Crippen molar-refractivity contribution in [3.05, 3.63) is 63.9 Å². The molecule has 6 heteroatoms. The van der Waals surface area contributed by atoms with E-state index in [1.165, 1.54) is 0 Å². The molecular formula is C18H21Cl2NO3. The van der Waals surface area contributed by atoms with Gasteiger partial charge in [-0.2, -0.15) is 0 Å². The molecule has 0 fully saturated rings. The molecule has 1 heterocycles. The molecule has 0 aliphatic rings. The van der Waals surface area contributed by atoms with Crippen molar-refractivity contribution in [3.8, 4) is 0 Å². The summed E-state index contributed by atoms with van der Waals surface area (Å²) in [5.74, 6) is -1.00. The van der Waals surface area contributed by atoms with E-state index < -0.39 is 5.79 Å². The number of hydrogen-bond acceptors (Lipinski definition) is 4. The third-order valence-electron chi connectivity index (χ3n) is 3.69. The number of ether oxygens (including phenoxy) is 3. The first kappa shape index (κ1) is 19.2. The van der Waals surface area contributed by atoms with Gasteiger partial charge in [-0.3, -0.25) is 4.98 Å². The van der Waals surface area contributed by atoms with E-state index in [1.807, 2.05) is 18.2 Å². The van der Waals surface area contributed by atoms with Crippen LogP contribution in [-0.4, -0.2) is 32.4 Å². The maximum Gasteiger partial charge on any atom is 0.200 e. The standard InChI is InChI=1S/C18H21Cl2NO3/c1-22-10-3-11-24-18(23-2,13-14-6-8-21-9-7-14)16-5-4-15(19)12-17(16)20/h4-9,12H,3,10-11,13H2,1-2H3. The van der Waals surface area contributed by atoms with Gasteiger partial charge in [-0.25, -0.2) is 0 Å². The molecule has 2 rings (SSSR count). The summed E-state index contributed by atoms with van der Waals surface area (Å²) in [5.41, 5.74) is 1.77. The van der Waals surface area contributed by atoms with Crippen LogP contribution in [0.2, 0.25) is 10.0 Å². The summed E-state index contributed by atoms with van der Waals surface area (Å²) >= 11 is 12.4. The Labute approximate surface area is 152 Å². The first-order valence-corrected chi connectivity index (χ1v) is 8.39. The molecular weight excluding hydrogens is 349 g/mol. The maximum atomic E-state index is 6.42. The van der Waals surface area contributed by atoms with Crippen LogP contribution in [0.5, 0.6) is 0 Å². The van der Waals surface area contributed by atoms with Gasteiger partial charge in [0.05, 0.1) is 11.6 Å². The van der Waals surface area contributed by atoms with Crippen molar-refractivity contribution in [1.82, 2.24) is 4.98 Å². The van der Waals surface area contributed by atoms with Crippen LogP contribution in [-0.2, 0) is 26.4 Å². The molecule has 0 saturated heterocycles. The average Bonchev–Trinajstić information content (AvgIpc) is 2.59. The van der Waals surface area contributed by atoms with Gasteiger partial charge in [0, 0.05) is 50.2 Å². The van der Waals surface area contributed by atoms with E-state index in [0.717, 1.165) is 17.5 Å².